The first kappa shape index (κ1) is 15.9. The van der Waals surface area contributed by atoms with Crippen LogP contribution in [-0.2, 0) is 9.22 Å². The first-order valence-electron chi connectivity index (χ1n) is 7.02. The molecule has 0 heterocycles. The van der Waals surface area contributed by atoms with Crippen molar-refractivity contribution < 1.29 is 14.3 Å². The maximum absolute atomic E-state index is 12.1. The molecule has 0 saturated heterocycles. The summed E-state index contributed by atoms with van der Waals surface area (Å²) in [6.07, 6.45) is 3.04. The number of hydrogen-bond acceptors (Lipinski definition) is 3. The summed E-state index contributed by atoms with van der Waals surface area (Å²) in [6, 6.07) is 0. The fourth-order valence-corrected chi connectivity index (χ4v) is 3.31. The number of ketones is 1. The van der Waals surface area contributed by atoms with E-state index in [1.54, 1.807) is 0 Å². The largest absolute Gasteiger partial charge is 0.407 e. The van der Waals surface area contributed by atoms with Crippen LogP contribution < -0.4 is 0 Å². The SMILES string of the molecule is CC(C)(C)[Si](C)(C)O[C@H]1CCCC[C@@H](O)CC1=O. The van der Waals surface area contributed by atoms with Gasteiger partial charge in [0.15, 0.2) is 14.1 Å². The average molecular weight is 272 g/mol. The molecule has 1 aliphatic rings. The van der Waals surface area contributed by atoms with Crippen molar-refractivity contribution in [3.63, 3.8) is 0 Å². The van der Waals surface area contributed by atoms with Crippen LogP contribution in [0.5, 0.6) is 0 Å². The number of carbonyl (C=O) groups excluding carboxylic acids is 1. The van der Waals surface area contributed by atoms with Gasteiger partial charge in [-0.05, 0) is 31.0 Å². The summed E-state index contributed by atoms with van der Waals surface area (Å²) in [5.74, 6) is 0.0898. The fraction of sp³-hybridized carbons (Fsp3) is 0.929. The lowest BCUT2D eigenvalue weighted by Crippen LogP contribution is -2.46. The molecule has 1 N–H and O–H groups in total. The second-order valence-corrected chi connectivity index (χ2v) is 11.7. The van der Waals surface area contributed by atoms with Crippen LogP contribution in [0.1, 0.15) is 52.9 Å². The molecule has 0 aromatic heterocycles. The molecular formula is C14H28O3Si. The number of aliphatic hydroxyl groups excluding tert-OH is 1. The van der Waals surface area contributed by atoms with E-state index in [0.717, 1.165) is 25.7 Å². The quantitative estimate of drug-likeness (QED) is 0.785. The van der Waals surface area contributed by atoms with Crippen LogP contribution >= 0.6 is 0 Å². The van der Waals surface area contributed by atoms with Crippen LogP contribution in [0.4, 0.5) is 0 Å². The van der Waals surface area contributed by atoms with E-state index in [1.165, 1.54) is 0 Å². The highest BCUT2D eigenvalue weighted by molar-refractivity contribution is 6.74. The third kappa shape index (κ3) is 4.18. The monoisotopic (exact) mass is 272 g/mol. The van der Waals surface area contributed by atoms with Gasteiger partial charge >= 0.3 is 0 Å². The summed E-state index contributed by atoms with van der Waals surface area (Å²) in [6.45, 7) is 10.9. The first-order chi connectivity index (χ1) is 8.13. The van der Waals surface area contributed by atoms with Crippen LogP contribution in [0.3, 0.4) is 0 Å². The van der Waals surface area contributed by atoms with E-state index >= 15 is 0 Å². The topological polar surface area (TPSA) is 46.5 Å². The number of aliphatic hydroxyl groups is 1. The summed E-state index contributed by atoms with van der Waals surface area (Å²) >= 11 is 0. The van der Waals surface area contributed by atoms with Gasteiger partial charge in [-0.1, -0.05) is 33.6 Å². The van der Waals surface area contributed by atoms with E-state index in [0.29, 0.717) is 0 Å². The van der Waals surface area contributed by atoms with Gasteiger partial charge < -0.3 is 9.53 Å². The Hall–Kier alpha value is -0.193. The van der Waals surface area contributed by atoms with Gasteiger partial charge in [-0.2, -0.15) is 0 Å². The van der Waals surface area contributed by atoms with Gasteiger partial charge in [-0.25, -0.2) is 0 Å². The van der Waals surface area contributed by atoms with Crippen molar-refractivity contribution >= 4 is 14.1 Å². The zero-order valence-corrected chi connectivity index (χ0v) is 13.5. The van der Waals surface area contributed by atoms with Crippen molar-refractivity contribution in [3.8, 4) is 0 Å². The molecule has 1 aliphatic carbocycles. The summed E-state index contributed by atoms with van der Waals surface area (Å²) in [5.41, 5.74) is 0. The lowest BCUT2D eigenvalue weighted by Gasteiger charge is -2.39. The van der Waals surface area contributed by atoms with Crippen molar-refractivity contribution in [3.05, 3.63) is 0 Å². The summed E-state index contributed by atoms with van der Waals surface area (Å²) < 4.78 is 6.22. The highest BCUT2D eigenvalue weighted by Crippen LogP contribution is 2.38. The van der Waals surface area contributed by atoms with Gasteiger partial charge in [-0.15, -0.1) is 0 Å². The van der Waals surface area contributed by atoms with E-state index < -0.39 is 14.4 Å². The normalized spacial score (nSPS) is 27.8. The molecule has 0 bridgehead atoms. The van der Waals surface area contributed by atoms with Gasteiger partial charge in [0, 0.05) is 6.42 Å². The molecule has 4 heteroatoms. The Morgan fingerprint density at radius 2 is 1.78 bits per heavy atom. The van der Waals surface area contributed by atoms with Crippen molar-refractivity contribution in [2.75, 3.05) is 0 Å². The minimum absolute atomic E-state index is 0.0898. The van der Waals surface area contributed by atoms with Crippen LogP contribution in [0.15, 0.2) is 0 Å². The minimum atomic E-state index is -1.90. The van der Waals surface area contributed by atoms with Crippen LogP contribution in [0, 0.1) is 0 Å². The van der Waals surface area contributed by atoms with E-state index in [1.807, 2.05) is 0 Å². The highest BCUT2D eigenvalue weighted by atomic mass is 28.4. The maximum Gasteiger partial charge on any atom is 0.193 e. The number of hydrogen-bond donors (Lipinski definition) is 1. The van der Waals surface area contributed by atoms with Crippen molar-refractivity contribution in [2.24, 2.45) is 0 Å². The number of rotatable bonds is 2. The Kier molecular flexibility index (Phi) is 5.15. The molecular weight excluding hydrogens is 244 g/mol. The molecule has 1 rings (SSSR count). The third-order valence-corrected chi connectivity index (χ3v) is 8.78. The molecule has 0 radical (unpaired) electrons. The predicted octanol–water partition coefficient (Wildman–Crippen LogP) is 3.27. The molecule has 0 amide bonds. The van der Waals surface area contributed by atoms with Crippen molar-refractivity contribution in [1.29, 1.82) is 0 Å². The zero-order chi connectivity index (χ0) is 14.0. The second-order valence-electron chi connectivity index (χ2n) is 6.98. The summed E-state index contributed by atoms with van der Waals surface area (Å²) in [4.78, 5) is 12.1. The maximum atomic E-state index is 12.1. The number of carbonyl (C=O) groups is 1. The number of Topliss-reactive ketones (excluding diaryl/α,β-unsaturated/α-hetero) is 1. The molecule has 0 aromatic carbocycles. The van der Waals surface area contributed by atoms with Crippen LogP contribution in [0.25, 0.3) is 0 Å². The van der Waals surface area contributed by atoms with Gasteiger partial charge in [0.05, 0.1) is 6.10 Å². The molecule has 1 saturated carbocycles. The summed E-state index contributed by atoms with van der Waals surface area (Å²) in [5, 5.41) is 9.81. The van der Waals surface area contributed by atoms with Crippen molar-refractivity contribution in [2.45, 2.75) is 83.2 Å². The predicted molar refractivity (Wildman–Crippen MR) is 76.2 cm³/mol. The standard InChI is InChI=1S/C14H28O3Si/c1-14(2,3)18(4,5)17-13-9-7-6-8-11(15)10-12(13)16/h11,13,15H,6-10H2,1-5H3/t11-,13+/m1/s1. The van der Waals surface area contributed by atoms with Crippen LogP contribution in [0.2, 0.25) is 18.1 Å². The highest BCUT2D eigenvalue weighted by Gasteiger charge is 2.40. The third-order valence-electron chi connectivity index (χ3n) is 4.29. The average Bonchev–Trinajstić information content (AvgIpc) is 2.18. The lowest BCUT2D eigenvalue weighted by molar-refractivity contribution is -0.129. The van der Waals surface area contributed by atoms with Gasteiger partial charge in [-0.3, -0.25) is 4.79 Å². The minimum Gasteiger partial charge on any atom is -0.407 e. The van der Waals surface area contributed by atoms with E-state index in [2.05, 4.69) is 33.9 Å². The smallest absolute Gasteiger partial charge is 0.193 e. The molecule has 0 unspecified atom stereocenters. The van der Waals surface area contributed by atoms with Gasteiger partial charge in [0.2, 0.25) is 0 Å². The molecule has 2 atom stereocenters. The lowest BCUT2D eigenvalue weighted by atomic mass is 9.96. The Labute approximate surface area is 112 Å². The Balaban J connectivity index is 2.71. The van der Waals surface area contributed by atoms with Gasteiger partial charge in [0.25, 0.3) is 0 Å². The molecule has 106 valence electrons. The van der Waals surface area contributed by atoms with Gasteiger partial charge in [0.1, 0.15) is 6.10 Å². The van der Waals surface area contributed by atoms with Crippen LogP contribution in [-0.4, -0.2) is 31.4 Å². The molecule has 1 fully saturated rings. The molecule has 3 nitrogen and oxygen atoms in total. The van der Waals surface area contributed by atoms with Crippen molar-refractivity contribution in [1.82, 2.24) is 0 Å². The molecule has 0 aromatic rings. The molecule has 18 heavy (non-hydrogen) atoms. The van der Waals surface area contributed by atoms with E-state index in [4.69, 9.17) is 4.43 Å². The summed E-state index contributed by atoms with van der Waals surface area (Å²) in [7, 11) is -1.90. The molecule has 0 spiro atoms. The Bertz CT molecular complexity index is 294. The Morgan fingerprint density at radius 1 is 1.22 bits per heavy atom. The fourth-order valence-electron chi connectivity index (χ4n) is 1.99. The first-order valence-corrected chi connectivity index (χ1v) is 9.93. The van der Waals surface area contributed by atoms with E-state index in [9.17, 15) is 9.90 Å². The molecule has 0 aliphatic heterocycles. The Morgan fingerprint density at radius 3 is 2.33 bits per heavy atom. The zero-order valence-electron chi connectivity index (χ0n) is 12.5. The van der Waals surface area contributed by atoms with E-state index in [-0.39, 0.29) is 23.3 Å². The second kappa shape index (κ2) is 5.84.